The van der Waals surface area contributed by atoms with E-state index in [0.29, 0.717) is 10.8 Å². The Morgan fingerprint density at radius 2 is 1.71 bits per heavy atom. The van der Waals surface area contributed by atoms with Gasteiger partial charge in [0.15, 0.2) is 0 Å². The van der Waals surface area contributed by atoms with Crippen LogP contribution in [-0.2, 0) is 0 Å². The maximum absolute atomic E-state index is 3.77. The van der Waals surface area contributed by atoms with Gasteiger partial charge in [-0.05, 0) is 49.1 Å². The van der Waals surface area contributed by atoms with E-state index in [-0.39, 0.29) is 0 Å². The Hall–Kier alpha value is -0.0800. The van der Waals surface area contributed by atoms with Crippen LogP contribution in [0.2, 0.25) is 0 Å². The van der Waals surface area contributed by atoms with Gasteiger partial charge in [-0.1, -0.05) is 27.7 Å². The molecule has 1 atom stereocenters. The Balaban J connectivity index is 1.70. The van der Waals surface area contributed by atoms with E-state index in [1.54, 1.807) is 0 Å². The lowest BCUT2D eigenvalue weighted by atomic mass is 10.0. The number of nitrogens with zero attached hydrogens (tertiary/aromatic N) is 1. The highest BCUT2D eigenvalue weighted by molar-refractivity contribution is 5.19. The lowest BCUT2D eigenvalue weighted by Crippen LogP contribution is -2.41. The predicted molar refractivity (Wildman–Crippen MR) is 72.1 cm³/mol. The van der Waals surface area contributed by atoms with Gasteiger partial charge in [0.2, 0.25) is 0 Å². The summed E-state index contributed by atoms with van der Waals surface area (Å²) >= 11 is 0. The zero-order chi connectivity index (χ0) is 12.3. The van der Waals surface area contributed by atoms with Gasteiger partial charge in [-0.2, -0.15) is 0 Å². The second-order valence-electron chi connectivity index (χ2n) is 7.59. The minimum atomic E-state index is 0.505. The Morgan fingerprint density at radius 1 is 1.06 bits per heavy atom. The van der Waals surface area contributed by atoms with Crippen LogP contribution in [0, 0.1) is 16.7 Å². The number of hydrogen-bond donors (Lipinski definition) is 1. The molecular formula is C15H28N2. The molecule has 98 valence electrons. The fourth-order valence-corrected chi connectivity index (χ4v) is 4.10. The van der Waals surface area contributed by atoms with Crippen LogP contribution in [0.15, 0.2) is 0 Å². The highest BCUT2D eigenvalue weighted by Gasteiger charge is 2.67. The fraction of sp³-hybridized carbons (Fsp3) is 1.00. The molecule has 3 rings (SSSR count). The maximum Gasteiger partial charge on any atom is 0.0223 e. The summed E-state index contributed by atoms with van der Waals surface area (Å²) < 4.78 is 0. The van der Waals surface area contributed by atoms with Gasteiger partial charge in [0.05, 0.1) is 0 Å². The van der Waals surface area contributed by atoms with Crippen molar-refractivity contribution in [2.24, 2.45) is 16.7 Å². The number of nitrogens with one attached hydrogen (secondary N) is 1. The SMILES string of the molecule is CC1(C)C(N2CCCNC(C3CC3)C2)C1(C)C. The summed E-state index contributed by atoms with van der Waals surface area (Å²) in [5, 5.41) is 3.77. The molecule has 3 aliphatic rings. The molecule has 1 N–H and O–H groups in total. The highest BCUT2D eigenvalue weighted by Crippen LogP contribution is 2.65. The monoisotopic (exact) mass is 236 g/mol. The predicted octanol–water partition coefficient (Wildman–Crippen LogP) is 2.49. The van der Waals surface area contributed by atoms with E-state index in [9.17, 15) is 0 Å². The van der Waals surface area contributed by atoms with Crippen molar-refractivity contribution in [3.05, 3.63) is 0 Å². The van der Waals surface area contributed by atoms with E-state index >= 15 is 0 Å². The molecule has 2 saturated carbocycles. The van der Waals surface area contributed by atoms with E-state index in [1.807, 2.05) is 0 Å². The number of rotatable bonds is 2. The van der Waals surface area contributed by atoms with E-state index in [2.05, 4.69) is 37.9 Å². The molecule has 3 fully saturated rings. The van der Waals surface area contributed by atoms with Gasteiger partial charge in [0.1, 0.15) is 0 Å². The Morgan fingerprint density at radius 3 is 2.24 bits per heavy atom. The van der Waals surface area contributed by atoms with Crippen LogP contribution >= 0.6 is 0 Å². The Labute approximate surface area is 106 Å². The average Bonchev–Trinajstić information content (AvgIpc) is 3.07. The summed E-state index contributed by atoms with van der Waals surface area (Å²) in [5.74, 6) is 0.987. The molecule has 17 heavy (non-hydrogen) atoms. The third-order valence-electron chi connectivity index (χ3n) is 5.96. The average molecular weight is 236 g/mol. The quantitative estimate of drug-likeness (QED) is 0.792. The van der Waals surface area contributed by atoms with Crippen LogP contribution in [0.25, 0.3) is 0 Å². The summed E-state index contributed by atoms with van der Waals surface area (Å²) in [7, 11) is 0. The van der Waals surface area contributed by atoms with E-state index < -0.39 is 0 Å². The Bertz CT molecular complexity index is 290. The van der Waals surface area contributed by atoms with Gasteiger partial charge < -0.3 is 5.32 Å². The van der Waals surface area contributed by atoms with Crippen molar-refractivity contribution in [2.45, 2.75) is 59.0 Å². The first-order valence-electron chi connectivity index (χ1n) is 7.42. The smallest absolute Gasteiger partial charge is 0.0223 e. The largest absolute Gasteiger partial charge is 0.312 e. The van der Waals surface area contributed by atoms with Gasteiger partial charge in [-0.25, -0.2) is 0 Å². The van der Waals surface area contributed by atoms with Gasteiger partial charge in [0, 0.05) is 18.6 Å². The van der Waals surface area contributed by atoms with Gasteiger partial charge >= 0.3 is 0 Å². The third kappa shape index (κ3) is 1.84. The molecule has 1 heterocycles. The summed E-state index contributed by atoms with van der Waals surface area (Å²) in [5.41, 5.74) is 1.01. The molecule has 0 bridgehead atoms. The van der Waals surface area contributed by atoms with Crippen molar-refractivity contribution in [1.29, 1.82) is 0 Å². The molecule has 1 aliphatic heterocycles. The summed E-state index contributed by atoms with van der Waals surface area (Å²) in [6.07, 6.45) is 4.25. The second kappa shape index (κ2) is 3.71. The third-order valence-corrected chi connectivity index (χ3v) is 5.96. The first-order chi connectivity index (χ1) is 7.94. The van der Waals surface area contributed by atoms with Gasteiger partial charge in [0.25, 0.3) is 0 Å². The second-order valence-corrected chi connectivity index (χ2v) is 7.59. The first-order valence-corrected chi connectivity index (χ1v) is 7.42. The molecule has 1 saturated heterocycles. The molecule has 0 radical (unpaired) electrons. The topological polar surface area (TPSA) is 15.3 Å². The highest BCUT2D eigenvalue weighted by atomic mass is 15.3. The van der Waals surface area contributed by atoms with Crippen LogP contribution in [-0.4, -0.2) is 36.6 Å². The van der Waals surface area contributed by atoms with Crippen LogP contribution in [0.5, 0.6) is 0 Å². The lowest BCUT2D eigenvalue weighted by Gasteiger charge is -2.26. The summed E-state index contributed by atoms with van der Waals surface area (Å²) in [4.78, 5) is 2.79. The molecule has 0 aromatic rings. The molecule has 1 unspecified atom stereocenters. The lowest BCUT2D eigenvalue weighted by molar-refractivity contribution is 0.214. The molecule has 2 nitrogen and oxygen atoms in total. The standard InChI is InChI=1S/C15H28N2/c1-14(2)13(15(14,3)4)17-9-5-8-16-12(10-17)11-6-7-11/h11-13,16H,5-10H2,1-4H3. The van der Waals surface area contributed by atoms with Gasteiger partial charge in [-0.3, -0.25) is 4.90 Å². The van der Waals surface area contributed by atoms with Crippen LogP contribution in [0.1, 0.15) is 47.0 Å². The van der Waals surface area contributed by atoms with Crippen molar-refractivity contribution in [2.75, 3.05) is 19.6 Å². The minimum Gasteiger partial charge on any atom is -0.312 e. The summed E-state index contributed by atoms with van der Waals surface area (Å²) in [6, 6.07) is 1.58. The normalized spacial score (nSPS) is 37.8. The van der Waals surface area contributed by atoms with Crippen molar-refractivity contribution in [3.8, 4) is 0 Å². The molecule has 0 spiro atoms. The zero-order valence-electron chi connectivity index (χ0n) is 11.9. The molecule has 2 heteroatoms. The van der Waals surface area contributed by atoms with E-state index in [1.165, 1.54) is 38.9 Å². The fourth-order valence-electron chi connectivity index (χ4n) is 4.10. The van der Waals surface area contributed by atoms with E-state index in [0.717, 1.165) is 18.0 Å². The molecular weight excluding hydrogens is 208 g/mol. The van der Waals surface area contributed by atoms with Crippen molar-refractivity contribution >= 4 is 0 Å². The maximum atomic E-state index is 3.77. The molecule has 0 aromatic carbocycles. The molecule has 0 aromatic heterocycles. The van der Waals surface area contributed by atoms with Crippen molar-refractivity contribution < 1.29 is 0 Å². The van der Waals surface area contributed by atoms with Crippen LogP contribution in [0.3, 0.4) is 0 Å². The van der Waals surface area contributed by atoms with Crippen molar-refractivity contribution in [1.82, 2.24) is 10.2 Å². The number of hydrogen-bond acceptors (Lipinski definition) is 2. The van der Waals surface area contributed by atoms with Crippen LogP contribution in [0.4, 0.5) is 0 Å². The van der Waals surface area contributed by atoms with Crippen molar-refractivity contribution in [3.63, 3.8) is 0 Å². The van der Waals surface area contributed by atoms with Gasteiger partial charge in [-0.15, -0.1) is 0 Å². The minimum absolute atomic E-state index is 0.505. The van der Waals surface area contributed by atoms with E-state index in [4.69, 9.17) is 0 Å². The summed E-state index contributed by atoms with van der Waals surface area (Å²) in [6.45, 7) is 13.6. The molecule has 0 amide bonds. The zero-order valence-corrected chi connectivity index (χ0v) is 11.9. The van der Waals surface area contributed by atoms with Crippen LogP contribution < -0.4 is 5.32 Å². The Kier molecular flexibility index (Phi) is 2.61. The molecule has 2 aliphatic carbocycles. The first kappa shape index (κ1) is 12.0.